The third-order valence-corrected chi connectivity index (χ3v) is 6.69. The summed E-state index contributed by atoms with van der Waals surface area (Å²) in [4.78, 5) is 4.69. The monoisotopic (exact) mass is 476 g/mol. The van der Waals surface area contributed by atoms with Crippen LogP contribution in [0, 0.1) is 18.3 Å². The molecule has 3 aromatic carbocycles. The van der Waals surface area contributed by atoms with E-state index in [0.717, 1.165) is 50.5 Å². The van der Waals surface area contributed by atoms with Crippen LogP contribution in [0.5, 0.6) is 5.75 Å². The summed E-state index contributed by atoms with van der Waals surface area (Å²) in [5.74, 6) is 0.877. The molecular formula is C29H24N4OS. The molecule has 0 N–H and O–H groups in total. The SMILES string of the molecule is CCCOc1ccc(-c2nn(-c3ccccc3)cc2/C=C(\C#N)c2nc3ccccc3s2)cc1C. The first-order chi connectivity index (χ1) is 17.2. The minimum Gasteiger partial charge on any atom is -0.493 e. The molecule has 0 amide bonds. The molecular weight excluding hydrogens is 452 g/mol. The van der Waals surface area contributed by atoms with Gasteiger partial charge >= 0.3 is 0 Å². The minimum atomic E-state index is 0.514. The second-order valence-electron chi connectivity index (χ2n) is 8.20. The number of thiazole rings is 1. The summed E-state index contributed by atoms with van der Waals surface area (Å²) in [7, 11) is 0. The number of allylic oxidation sites excluding steroid dienone is 1. The van der Waals surface area contributed by atoms with Crippen molar-refractivity contribution in [3.8, 4) is 28.8 Å². The van der Waals surface area contributed by atoms with Crippen LogP contribution in [0.2, 0.25) is 0 Å². The molecule has 0 spiro atoms. The molecule has 0 unspecified atom stereocenters. The summed E-state index contributed by atoms with van der Waals surface area (Å²) in [5, 5.41) is 15.6. The molecule has 5 rings (SSSR count). The Bertz CT molecular complexity index is 1520. The van der Waals surface area contributed by atoms with Gasteiger partial charge in [-0.15, -0.1) is 11.3 Å². The molecule has 5 nitrogen and oxygen atoms in total. The van der Waals surface area contributed by atoms with Gasteiger partial charge in [0, 0.05) is 17.3 Å². The molecule has 0 fully saturated rings. The summed E-state index contributed by atoms with van der Waals surface area (Å²) in [6.45, 7) is 4.82. The van der Waals surface area contributed by atoms with Crippen LogP contribution in [0.25, 0.3) is 38.8 Å². The third-order valence-electron chi connectivity index (χ3n) is 5.62. The van der Waals surface area contributed by atoms with E-state index in [1.807, 2.05) is 90.6 Å². The van der Waals surface area contributed by atoms with Gasteiger partial charge in [0.15, 0.2) is 0 Å². The molecule has 6 heteroatoms. The standard InChI is InChI=1S/C29H24N4OS/c1-3-15-34-26-14-13-21(16-20(26)2)28-23(19-33(32-28)24-9-5-4-6-10-24)17-22(18-30)29-31-25-11-7-8-12-27(25)35-29/h4-14,16-17,19H,3,15H2,1-2H3/b22-17+. The van der Waals surface area contributed by atoms with Crippen molar-refractivity contribution in [2.45, 2.75) is 20.3 Å². The van der Waals surface area contributed by atoms with Crippen molar-refractivity contribution in [2.24, 2.45) is 0 Å². The highest BCUT2D eigenvalue weighted by atomic mass is 32.1. The van der Waals surface area contributed by atoms with Gasteiger partial charge in [-0.05, 0) is 67.4 Å². The average molecular weight is 477 g/mol. The topological polar surface area (TPSA) is 63.7 Å². The van der Waals surface area contributed by atoms with Crippen molar-refractivity contribution < 1.29 is 4.74 Å². The van der Waals surface area contributed by atoms with Crippen molar-refractivity contribution in [1.29, 1.82) is 5.26 Å². The van der Waals surface area contributed by atoms with Crippen molar-refractivity contribution in [3.05, 3.63) is 95.1 Å². The number of rotatable bonds is 7. The second-order valence-corrected chi connectivity index (χ2v) is 9.23. The number of aromatic nitrogens is 3. The van der Waals surface area contributed by atoms with Gasteiger partial charge < -0.3 is 4.74 Å². The molecule has 0 saturated carbocycles. The lowest BCUT2D eigenvalue weighted by Crippen LogP contribution is -1.97. The van der Waals surface area contributed by atoms with Crippen LogP contribution >= 0.6 is 11.3 Å². The van der Waals surface area contributed by atoms with Crippen molar-refractivity contribution >= 4 is 33.2 Å². The highest BCUT2D eigenvalue weighted by Gasteiger charge is 2.15. The van der Waals surface area contributed by atoms with Gasteiger partial charge in [-0.2, -0.15) is 10.4 Å². The Morgan fingerprint density at radius 3 is 2.63 bits per heavy atom. The van der Waals surface area contributed by atoms with E-state index in [1.165, 1.54) is 11.3 Å². The lowest BCUT2D eigenvalue weighted by molar-refractivity contribution is 0.315. The summed E-state index contributed by atoms with van der Waals surface area (Å²) in [6.07, 6.45) is 4.81. The Morgan fingerprint density at radius 1 is 1.09 bits per heavy atom. The Balaban J connectivity index is 1.62. The highest BCUT2D eigenvalue weighted by Crippen LogP contribution is 2.33. The van der Waals surface area contributed by atoms with Gasteiger partial charge in [-0.25, -0.2) is 9.67 Å². The van der Waals surface area contributed by atoms with E-state index in [0.29, 0.717) is 17.2 Å². The van der Waals surface area contributed by atoms with Crippen molar-refractivity contribution in [3.63, 3.8) is 0 Å². The molecule has 0 atom stereocenters. The van der Waals surface area contributed by atoms with Crippen molar-refractivity contribution in [2.75, 3.05) is 6.61 Å². The van der Waals surface area contributed by atoms with Crippen LogP contribution < -0.4 is 4.74 Å². The molecule has 0 aliphatic rings. The predicted molar refractivity (Wildman–Crippen MR) is 143 cm³/mol. The minimum absolute atomic E-state index is 0.514. The number of para-hydroxylation sites is 2. The smallest absolute Gasteiger partial charge is 0.135 e. The number of nitrogens with zero attached hydrogens (tertiary/aromatic N) is 4. The van der Waals surface area contributed by atoms with E-state index in [2.05, 4.69) is 24.0 Å². The Morgan fingerprint density at radius 2 is 1.89 bits per heavy atom. The van der Waals surface area contributed by atoms with Crippen LogP contribution in [0.3, 0.4) is 0 Å². The molecule has 2 heterocycles. The van der Waals surface area contributed by atoms with E-state index in [1.54, 1.807) is 0 Å². The summed E-state index contributed by atoms with van der Waals surface area (Å²) < 4.78 is 8.77. The number of aryl methyl sites for hydroxylation is 1. The lowest BCUT2D eigenvalue weighted by atomic mass is 10.0. The Kier molecular flexibility index (Phi) is 6.42. The van der Waals surface area contributed by atoms with Gasteiger partial charge in [0.1, 0.15) is 22.5 Å². The quantitative estimate of drug-likeness (QED) is 0.231. The maximum absolute atomic E-state index is 10.0. The van der Waals surface area contributed by atoms with Crippen LogP contribution in [-0.2, 0) is 0 Å². The number of nitriles is 1. The highest BCUT2D eigenvalue weighted by molar-refractivity contribution is 7.19. The molecule has 0 saturated heterocycles. The fraction of sp³-hybridized carbons (Fsp3) is 0.138. The van der Waals surface area contributed by atoms with Gasteiger partial charge in [0.25, 0.3) is 0 Å². The fourth-order valence-corrected chi connectivity index (χ4v) is 4.82. The first kappa shape index (κ1) is 22.6. The molecule has 35 heavy (non-hydrogen) atoms. The maximum atomic E-state index is 10.0. The van der Waals surface area contributed by atoms with Crippen molar-refractivity contribution in [1.82, 2.24) is 14.8 Å². The summed E-state index contributed by atoms with van der Waals surface area (Å²) >= 11 is 1.52. The number of ether oxygens (including phenoxy) is 1. The molecule has 2 aromatic heterocycles. The van der Waals surface area contributed by atoms with E-state index < -0.39 is 0 Å². The van der Waals surface area contributed by atoms with Gasteiger partial charge in [-0.3, -0.25) is 0 Å². The fourth-order valence-electron chi connectivity index (χ4n) is 3.89. The number of benzene rings is 3. The predicted octanol–water partition coefficient (Wildman–Crippen LogP) is 7.31. The zero-order valence-electron chi connectivity index (χ0n) is 19.6. The first-order valence-electron chi connectivity index (χ1n) is 11.5. The normalized spacial score (nSPS) is 11.5. The third kappa shape index (κ3) is 4.72. The van der Waals surface area contributed by atoms with E-state index in [4.69, 9.17) is 9.84 Å². The molecule has 0 aliphatic heterocycles. The Hall–Kier alpha value is -4.21. The average Bonchev–Trinajstić information content (AvgIpc) is 3.51. The number of hydrogen-bond donors (Lipinski definition) is 0. The summed E-state index contributed by atoms with van der Waals surface area (Å²) in [6, 6.07) is 26.4. The van der Waals surface area contributed by atoms with Crippen LogP contribution in [0.4, 0.5) is 0 Å². The van der Waals surface area contributed by atoms with Crippen LogP contribution in [0.15, 0.2) is 79.0 Å². The van der Waals surface area contributed by atoms with E-state index in [9.17, 15) is 5.26 Å². The van der Waals surface area contributed by atoms with E-state index in [-0.39, 0.29) is 0 Å². The van der Waals surface area contributed by atoms with Gasteiger partial charge in [-0.1, -0.05) is 37.3 Å². The molecule has 0 radical (unpaired) electrons. The van der Waals surface area contributed by atoms with E-state index >= 15 is 0 Å². The molecule has 0 aliphatic carbocycles. The lowest BCUT2D eigenvalue weighted by Gasteiger charge is -2.09. The Labute approximate surface area is 208 Å². The number of fused-ring (bicyclic) bond motifs is 1. The van der Waals surface area contributed by atoms with Gasteiger partial charge in [0.2, 0.25) is 0 Å². The first-order valence-corrected chi connectivity index (χ1v) is 12.3. The molecule has 172 valence electrons. The van der Waals surface area contributed by atoms with Gasteiger partial charge in [0.05, 0.1) is 28.1 Å². The zero-order chi connectivity index (χ0) is 24.2. The van der Waals surface area contributed by atoms with Crippen LogP contribution in [-0.4, -0.2) is 21.4 Å². The maximum Gasteiger partial charge on any atom is 0.135 e. The summed E-state index contributed by atoms with van der Waals surface area (Å²) in [5.41, 5.74) is 6.03. The number of hydrogen-bond acceptors (Lipinski definition) is 5. The van der Waals surface area contributed by atoms with Crippen LogP contribution in [0.1, 0.15) is 29.5 Å². The second kappa shape index (κ2) is 9.96. The zero-order valence-corrected chi connectivity index (χ0v) is 20.4. The largest absolute Gasteiger partial charge is 0.493 e. The molecule has 5 aromatic rings. The molecule has 0 bridgehead atoms.